The van der Waals surface area contributed by atoms with E-state index in [1.807, 2.05) is 13.1 Å². The van der Waals surface area contributed by atoms with Crippen LogP contribution in [0.4, 0.5) is 5.69 Å². The fourth-order valence-corrected chi connectivity index (χ4v) is 1.38. The Kier molecular flexibility index (Phi) is 2.92. The van der Waals surface area contributed by atoms with Gasteiger partial charge < -0.3 is 5.32 Å². The lowest BCUT2D eigenvalue weighted by Gasteiger charge is -2.09. The molecule has 0 saturated carbocycles. The summed E-state index contributed by atoms with van der Waals surface area (Å²) >= 11 is 0. The van der Waals surface area contributed by atoms with Gasteiger partial charge in [0.15, 0.2) is 0 Å². The molecule has 0 fully saturated rings. The highest BCUT2D eigenvalue weighted by atomic mass is 14.8. The lowest BCUT2D eigenvalue weighted by Crippen LogP contribution is -1.94. The monoisotopic (exact) mass is 163 g/mol. The summed E-state index contributed by atoms with van der Waals surface area (Å²) in [5.41, 5.74) is 3.73. The zero-order chi connectivity index (χ0) is 8.97. The van der Waals surface area contributed by atoms with E-state index in [9.17, 15) is 0 Å². The molecule has 66 valence electrons. The van der Waals surface area contributed by atoms with E-state index in [0.29, 0.717) is 0 Å². The molecule has 0 radical (unpaired) electrons. The summed E-state index contributed by atoms with van der Waals surface area (Å²) in [6.07, 6.45) is 2.96. The van der Waals surface area contributed by atoms with Crippen molar-refractivity contribution in [1.29, 1.82) is 0 Å². The highest BCUT2D eigenvalue weighted by Gasteiger charge is 2.00. The number of nitrogens with one attached hydrogen (secondary N) is 1. The molecule has 0 aromatic heterocycles. The van der Waals surface area contributed by atoms with E-state index >= 15 is 0 Å². The first-order valence-electron chi connectivity index (χ1n) is 4.25. The number of aryl methyl sites for hydroxylation is 1. The third-order valence-electron chi connectivity index (χ3n) is 2.05. The molecule has 0 aliphatic heterocycles. The molecule has 1 aromatic rings. The molecular formula is C11H17N. The van der Waals surface area contributed by atoms with Crippen LogP contribution in [0.25, 0.3) is 6.08 Å². The highest BCUT2D eigenvalue weighted by molar-refractivity contribution is 5.68. The molecule has 1 nitrogen and oxygen atoms in total. The minimum atomic E-state index is 0. The quantitative estimate of drug-likeness (QED) is 0.721. The van der Waals surface area contributed by atoms with Crippen molar-refractivity contribution in [2.75, 3.05) is 12.4 Å². The van der Waals surface area contributed by atoms with Crippen molar-refractivity contribution < 1.29 is 1.43 Å². The van der Waals surface area contributed by atoms with E-state index in [2.05, 4.69) is 37.0 Å². The van der Waals surface area contributed by atoms with Gasteiger partial charge in [0, 0.05) is 19.7 Å². The van der Waals surface area contributed by atoms with Crippen LogP contribution in [0.5, 0.6) is 0 Å². The number of hydrogen-bond donors (Lipinski definition) is 1. The van der Waals surface area contributed by atoms with Crippen LogP contribution in [0, 0.1) is 0 Å². The third kappa shape index (κ3) is 1.50. The maximum absolute atomic E-state index is 3.81. The van der Waals surface area contributed by atoms with Crippen molar-refractivity contribution in [2.24, 2.45) is 0 Å². The summed E-state index contributed by atoms with van der Waals surface area (Å²) < 4.78 is 0. The first-order valence-corrected chi connectivity index (χ1v) is 4.25. The average molecular weight is 163 g/mol. The summed E-state index contributed by atoms with van der Waals surface area (Å²) in [4.78, 5) is 0. The molecular weight excluding hydrogens is 146 g/mol. The van der Waals surface area contributed by atoms with Crippen molar-refractivity contribution in [3.63, 3.8) is 0 Å². The molecule has 0 amide bonds. The molecule has 0 aliphatic rings. The van der Waals surface area contributed by atoms with Crippen molar-refractivity contribution in [2.45, 2.75) is 13.3 Å². The van der Waals surface area contributed by atoms with Crippen LogP contribution in [0.15, 0.2) is 24.8 Å². The summed E-state index contributed by atoms with van der Waals surface area (Å²) in [7, 11) is 1.93. The SMILES string of the molecule is C=Cc1c(CC)cccc1NC.[HH]. The van der Waals surface area contributed by atoms with E-state index in [-0.39, 0.29) is 1.43 Å². The van der Waals surface area contributed by atoms with E-state index in [1.54, 1.807) is 0 Å². The smallest absolute Gasteiger partial charge is 0.0413 e. The topological polar surface area (TPSA) is 12.0 Å². The molecule has 0 heterocycles. The second kappa shape index (κ2) is 3.96. The highest BCUT2D eigenvalue weighted by Crippen LogP contribution is 2.20. The Hall–Kier alpha value is -1.24. The van der Waals surface area contributed by atoms with Crippen LogP contribution in [-0.2, 0) is 6.42 Å². The van der Waals surface area contributed by atoms with Gasteiger partial charge >= 0.3 is 0 Å². The molecule has 1 rings (SSSR count). The van der Waals surface area contributed by atoms with E-state index in [4.69, 9.17) is 0 Å². The average Bonchev–Trinajstić information content (AvgIpc) is 2.16. The normalized spacial score (nSPS) is 9.50. The summed E-state index contributed by atoms with van der Waals surface area (Å²) in [6.45, 7) is 5.96. The van der Waals surface area contributed by atoms with Crippen LogP contribution in [-0.4, -0.2) is 7.05 Å². The maximum atomic E-state index is 3.81. The molecule has 1 N–H and O–H groups in total. The number of rotatable bonds is 3. The molecule has 0 saturated heterocycles. The Bertz CT molecular complexity index is 259. The summed E-state index contributed by atoms with van der Waals surface area (Å²) in [6, 6.07) is 6.27. The molecule has 0 unspecified atom stereocenters. The van der Waals surface area contributed by atoms with Gasteiger partial charge in [-0.15, -0.1) is 0 Å². The first kappa shape index (κ1) is 8.85. The summed E-state index contributed by atoms with van der Waals surface area (Å²) in [5.74, 6) is 0. The van der Waals surface area contributed by atoms with E-state index < -0.39 is 0 Å². The van der Waals surface area contributed by atoms with Gasteiger partial charge in [-0.3, -0.25) is 0 Å². The lowest BCUT2D eigenvalue weighted by atomic mass is 10.0. The van der Waals surface area contributed by atoms with Gasteiger partial charge in [-0.25, -0.2) is 0 Å². The van der Waals surface area contributed by atoms with Crippen LogP contribution in [0.2, 0.25) is 0 Å². The Labute approximate surface area is 75.6 Å². The van der Waals surface area contributed by atoms with E-state index in [0.717, 1.165) is 12.1 Å². The van der Waals surface area contributed by atoms with Gasteiger partial charge in [0.25, 0.3) is 0 Å². The minimum absolute atomic E-state index is 0. The Morgan fingerprint density at radius 2 is 2.33 bits per heavy atom. The Morgan fingerprint density at radius 3 is 2.83 bits per heavy atom. The van der Waals surface area contributed by atoms with Gasteiger partial charge in [-0.1, -0.05) is 31.7 Å². The predicted octanol–water partition coefficient (Wildman–Crippen LogP) is 3.18. The fourth-order valence-electron chi connectivity index (χ4n) is 1.38. The predicted molar refractivity (Wildman–Crippen MR) is 57.6 cm³/mol. The van der Waals surface area contributed by atoms with Gasteiger partial charge in [0.05, 0.1) is 0 Å². The number of anilines is 1. The molecule has 1 heteroatoms. The van der Waals surface area contributed by atoms with Crippen LogP contribution in [0.1, 0.15) is 19.5 Å². The van der Waals surface area contributed by atoms with Crippen LogP contribution >= 0.6 is 0 Å². The second-order valence-corrected chi connectivity index (χ2v) is 2.69. The van der Waals surface area contributed by atoms with Crippen LogP contribution in [0.3, 0.4) is 0 Å². The molecule has 1 aromatic carbocycles. The third-order valence-corrected chi connectivity index (χ3v) is 2.05. The standard InChI is InChI=1S/C11H15N.H2/c1-4-9-7-6-8-11(12-3)10(9)5-2;/h5-8,12H,2,4H2,1,3H3;1H. The lowest BCUT2D eigenvalue weighted by molar-refractivity contribution is 1.13. The van der Waals surface area contributed by atoms with E-state index in [1.165, 1.54) is 11.1 Å². The van der Waals surface area contributed by atoms with Crippen molar-refractivity contribution in [3.8, 4) is 0 Å². The Morgan fingerprint density at radius 1 is 1.58 bits per heavy atom. The summed E-state index contributed by atoms with van der Waals surface area (Å²) in [5, 5.41) is 3.15. The zero-order valence-corrected chi connectivity index (χ0v) is 7.72. The Balaban J connectivity index is 0.00000144. The minimum Gasteiger partial charge on any atom is -0.388 e. The molecule has 0 aliphatic carbocycles. The largest absolute Gasteiger partial charge is 0.388 e. The number of benzene rings is 1. The van der Waals surface area contributed by atoms with Gasteiger partial charge in [0.1, 0.15) is 0 Å². The van der Waals surface area contributed by atoms with Gasteiger partial charge in [0.2, 0.25) is 0 Å². The van der Waals surface area contributed by atoms with Crippen molar-refractivity contribution in [3.05, 3.63) is 35.9 Å². The maximum Gasteiger partial charge on any atom is 0.0413 e. The molecule has 0 bridgehead atoms. The fraction of sp³-hybridized carbons (Fsp3) is 0.273. The zero-order valence-electron chi connectivity index (χ0n) is 7.72. The van der Waals surface area contributed by atoms with Crippen LogP contribution < -0.4 is 5.32 Å². The molecule has 0 spiro atoms. The molecule has 0 atom stereocenters. The number of hydrogen-bond acceptors (Lipinski definition) is 1. The van der Waals surface area contributed by atoms with Gasteiger partial charge in [-0.05, 0) is 18.1 Å². The molecule has 12 heavy (non-hydrogen) atoms. The van der Waals surface area contributed by atoms with Crippen molar-refractivity contribution >= 4 is 11.8 Å². The second-order valence-electron chi connectivity index (χ2n) is 2.69. The van der Waals surface area contributed by atoms with Crippen molar-refractivity contribution in [1.82, 2.24) is 0 Å². The van der Waals surface area contributed by atoms with Gasteiger partial charge in [-0.2, -0.15) is 0 Å². The first-order chi connectivity index (χ1) is 5.83.